The van der Waals surface area contributed by atoms with Crippen molar-refractivity contribution in [3.63, 3.8) is 0 Å². The number of nitrogens with zero attached hydrogens (tertiary/aromatic N) is 1. The average Bonchev–Trinajstić information content (AvgIpc) is 2.91. The fraction of sp³-hybridized carbons (Fsp3) is 0.812. The maximum absolute atomic E-state index is 12.9. The molecule has 0 aromatic rings. The largest absolute Gasteiger partial charge is 0.342 e. The van der Waals surface area contributed by atoms with Gasteiger partial charge in [0, 0.05) is 6.54 Å². The van der Waals surface area contributed by atoms with Crippen LogP contribution in [-0.2, 0) is 14.4 Å². The van der Waals surface area contributed by atoms with Crippen LogP contribution in [0.1, 0.15) is 47.5 Å². The first-order valence-electron chi connectivity index (χ1n) is 7.88. The number of ketones is 1. The van der Waals surface area contributed by atoms with Crippen molar-refractivity contribution < 1.29 is 14.4 Å². The smallest absolute Gasteiger partial charge is 0.246 e. The van der Waals surface area contributed by atoms with E-state index < -0.39 is 11.5 Å². The summed E-state index contributed by atoms with van der Waals surface area (Å²) in [5.41, 5.74) is -0.426. The number of hydrogen-bond acceptors (Lipinski definition) is 4. The van der Waals surface area contributed by atoms with Gasteiger partial charge in [-0.2, -0.15) is 0 Å². The third-order valence-electron chi connectivity index (χ3n) is 4.23. The topological polar surface area (TPSA) is 78.5 Å². The van der Waals surface area contributed by atoms with E-state index in [0.717, 1.165) is 6.42 Å². The maximum atomic E-state index is 12.9. The van der Waals surface area contributed by atoms with Crippen LogP contribution in [0.4, 0.5) is 0 Å². The summed E-state index contributed by atoms with van der Waals surface area (Å²) in [5.74, 6) is -0.371. The Kier molecular flexibility index (Phi) is 6.11. The van der Waals surface area contributed by atoms with Gasteiger partial charge in [0.1, 0.15) is 6.04 Å². The summed E-state index contributed by atoms with van der Waals surface area (Å²) in [7, 11) is 1.70. The van der Waals surface area contributed by atoms with Crippen molar-refractivity contribution in [2.24, 2.45) is 5.41 Å². The number of likely N-dealkylation sites (tertiary alicyclic amines) is 1. The van der Waals surface area contributed by atoms with Gasteiger partial charge in [-0.1, -0.05) is 20.8 Å². The summed E-state index contributed by atoms with van der Waals surface area (Å²) in [6.45, 7) is 9.58. The minimum Gasteiger partial charge on any atom is -0.342 e. The molecule has 2 amide bonds. The highest BCUT2D eigenvalue weighted by atomic mass is 16.2. The number of amides is 2. The first-order valence-corrected chi connectivity index (χ1v) is 7.88. The van der Waals surface area contributed by atoms with Gasteiger partial charge in [-0.25, -0.2) is 0 Å². The number of carbonyl (C=O) groups excluding carboxylic acids is 3. The second-order valence-electron chi connectivity index (χ2n) is 7.12. The Morgan fingerprint density at radius 1 is 1.23 bits per heavy atom. The van der Waals surface area contributed by atoms with Crippen molar-refractivity contribution in [2.45, 2.75) is 65.6 Å². The van der Waals surface area contributed by atoms with Gasteiger partial charge in [0.25, 0.3) is 0 Å². The Hall–Kier alpha value is -1.43. The van der Waals surface area contributed by atoms with Crippen LogP contribution in [0.15, 0.2) is 0 Å². The number of hydrogen-bond donors (Lipinski definition) is 2. The van der Waals surface area contributed by atoms with E-state index in [1.807, 2.05) is 20.8 Å². The summed E-state index contributed by atoms with van der Waals surface area (Å²) >= 11 is 0. The molecule has 0 saturated carbocycles. The maximum Gasteiger partial charge on any atom is 0.246 e. The standard InChI is InChI=1S/C16H29N3O3/c1-10(17-6)14(21)18-13(16(3,4)5)15(22)19-9-7-8-12(19)11(2)20/h10,12-13,17H,7-9H2,1-6H3,(H,18,21). The molecule has 0 aromatic heterocycles. The zero-order valence-electron chi connectivity index (χ0n) is 14.5. The van der Waals surface area contributed by atoms with E-state index in [0.29, 0.717) is 13.0 Å². The third-order valence-corrected chi connectivity index (χ3v) is 4.23. The molecule has 0 aromatic carbocycles. The van der Waals surface area contributed by atoms with Gasteiger partial charge in [-0.05, 0) is 39.2 Å². The zero-order chi connectivity index (χ0) is 17.1. The Morgan fingerprint density at radius 2 is 1.82 bits per heavy atom. The zero-order valence-corrected chi connectivity index (χ0v) is 14.5. The third kappa shape index (κ3) is 4.29. The summed E-state index contributed by atoms with van der Waals surface area (Å²) < 4.78 is 0. The van der Waals surface area contributed by atoms with Crippen LogP contribution in [0.3, 0.4) is 0 Å². The van der Waals surface area contributed by atoms with Crippen LogP contribution in [-0.4, -0.2) is 54.2 Å². The fourth-order valence-electron chi connectivity index (χ4n) is 2.67. The van der Waals surface area contributed by atoms with Gasteiger partial charge < -0.3 is 15.5 Å². The molecule has 6 nitrogen and oxygen atoms in total. The molecule has 3 atom stereocenters. The van der Waals surface area contributed by atoms with Crippen molar-refractivity contribution in [1.29, 1.82) is 0 Å². The van der Waals surface area contributed by atoms with Gasteiger partial charge in [-0.15, -0.1) is 0 Å². The van der Waals surface area contributed by atoms with Gasteiger partial charge in [0.05, 0.1) is 12.1 Å². The molecule has 0 radical (unpaired) electrons. The van der Waals surface area contributed by atoms with Crippen molar-refractivity contribution in [3.05, 3.63) is 0 Å². The van der Waals surface area contributed by atoms with Crippen molar-refractivity contribution in [1.82, 2.24) is 15.5 Å². The van der Waals surface area contributed by atoms with E-state index in [1.165, 1.54) is 6.92 Å². The van der Waals surface area contributed by atoms with Gasteiger partial charge in [0.2, 0.25) is 11.8 Å². The lowest BCUT2D eigenvalue weighted by atomic mass is 9.85. The number of nitrogens with one attached hydrogen (secondary N) is 2. The lowest BCUT2D eigenvalue weighted by Gasteiger charge is -2.35. The minimum atomic E-state index is -0.643. The normalized spacial score (nSPS) is 21.4. The van der Waals surface area contributed by atoms with E-state index in [4.69, 9.17) is 0 Å². The molecule has 1 saturated heterocycles. The number of rotatable bonds is 5. The summed E-state index contributed by atoms with van der Waals surface area (Å²) in [6.07, 6.45) is 1.53. The molecular weight excluding hydrogens is 282 g/mol. The lowest BCUT2D eigenvalue weighted by Crippen LogP contribution is -2.58. The van der Waals surface area contributed by atoms with E-state index in [1.54, 1.807) is 18.9 Å². The molecule has 1 fully saturated rings. The van der Waals surface area contributed by atoms with E-state index in [2.05, 4.69) is 10.6 Å². The molecule has 1 heterocycles. The SMILES string of the molecule is CNC(C)C(=O)NC(C(=O)N1CCCC1C(C)=O)C(C)(C)C. The highest BCUT2D eigenvalue weighted by Gasteiger charge is 2.41. The summed E-state index contributed by atoms with van der Waals surface area (Å²) in [5, 5.41) is 5.71. The van der Waals surface area contributed by atoms with Gasteiger partial charge in [-0.3, -0.25) is 14.4 Å². The van der Waals surface area contributed by atoms with Crippen LogP contribution >= 0.6 is 0 Å². The van der Waals surface area contributed by atoms with Gasteiger partial charge >= 0.3 is 0 Å². The highest BCUT2D eigenvalue weighted by molar-refractivity contribution is 5.93. The molecule has 1 rings (SSSR count). The Morgan fingerprint density at radius 3 is 2.27 bits per heavy atom. The molecule has 1 aliphatic heterocycles. The van der Waals surface area contributed by atoms with Crippen LogP contribution in [0.25, 0.3) is 0 Å². The minimum absolute atomic E-state index is 0.00780. The predicted molar refractivity (Wildman–Crippen MR) is 85.3 cm³/mol. The summed E-state index contributed by atoms with van der Waals surface area (Å²) in [6, 6.07) is -1.37. The number of Topliss-reactive ketones (excluding diaryl/α,β-unsaturated/α-hetero) is 1. The molecule has 0 aliphatic carbocycles. The molecule has 1 aliphatic rings. The highest BCUT2D eigenvalue weighted by Crippen LogP contribution is 2.26. The molecular formula is C16H29N3O3. The number of likely N-dealkylation sites (N-methyl/N-ethyl adjacent to an activating group) is 1. The van der Waals surface area contributed by atoms with Crippen LogP contribution in [0.2, 0.25) is 0 Å². The first kappa shape index (κ1) is 18.6. The second-order valence-corrected chi connectivity index (χ2v) is 7.12. The second kappa shape index (κ2) is 7.22. The van der Waals surface area contributed by atoms with E-state index in [-0.39, 0.29) is 29.7 Å². The molecule has 2 N–H and O–H groups in total. The Bertz CT molecular complexity index is 442. The number of carbonyl (C=O) groups is 3. The van der Waals surface area contributed by atoms with Crippen LogP contribution in [0.5, 0.6) is 0 Å². The fourth-order valence-corrected chi connectivity index (χ4v) is 2.67. The molecule has 3 unspecified atom stereocenters. The Labute approximate surface area is 133 Å². The predicted octanol–water partition coefficient (Wildman–Crippen LogP) is 0.705. The lowest BCUT2D eigenvalue weighted by molar-refractivity contribution is -0.143. The van der Waals surface area contributed by atoms with Crippen LogP contribution in [0, 0.1) is 5.41 Å². The molecule has 6 heteroatoms. The van der Waals surface area contributed by atoms with Crippen molar-refractivity contribution in [2.75, 3.05) is 13.6 Å². The quantitative estimate of drug-likeness (QED) is 0.783. The van der Waals surface area contributed by atoms with Crippen molar-refractivity contribution in [3.8, 4) is 0 Å². The van der Waals surface area contributed by atoms with Crippen molar-refractivity contribution >= 4 is 17.6 Å². The molecule has 126 valence electrons. The van der Waals surface area contributed by atoms with Crippen LogP contribution < -0.4 is 10.6 Å². The van der Waals surface area contributed by atoms with Gasteiger partial charge in [0.15, 0.2) is 5.78 Å². The molecule has 0 spiro atoms. The average molecular weight is 311 g/mol. The Balaban J connectivity index is 2.95. The first-order chi connectivity index (χ1) is 10.1. The monoisotopic (exact) mass is 311 g/mol. The molecule has 0 bridgehead atoms. The molecule has 22 heavy (non-hydrogen) atoms. The van der Waals surface area contributed by atoms with E-state index >= 15 is 0 Å². The van der Waals surface area contributed by atoms with E-state index in [9.17, 15) is 14.4 Å². The summed E-state index contributed by atoms with van der Waals surface area (Å²) in [4.78, 5) is 38.4.